The fraction of sp³-hybridized carbons (Fsp3) is 0.779. The molecule has 0 saturated heterocycles. The van der Waals surface area contributed by atoms with Crippen molar-refractivity contribution in [2.75, 3.05) is 13.2 Å². The molecule has 6 nitrogen and oxygen atoms in total. The van der Waals surface area contributed by atoms with Gasteiger partial charge in [0.1, 0.15) is 13.2 Å². The second kappa shape index (κ2) is 62.4. The summed E-state index contributed by atoms with van der Waals surface area (Å²) in [6, 6.07) is 0. The molecule has 0 unspecified atom stereocenters. The highest BCUT2D eigenvalue weighted by Crippen LogP contribution is 2.17. The number of carbonyl (C=O) groups excluding carboxylic acids is 3. The quantitative estimate of drug-likeness (QED) is 0.0261. The van der Waals surface area contributed by atoms with E-state index in [1.807, 2.05) is 0 Å². The Kier molecular flexibility index (Phi) is 59.7. The molecule has 0 spiro atoms. The Morgan fingerprint density at radius 1 is 0.270 bits per heavy atom. The third-order valence-electron chi connectivity index (χ3n) is 13.9. The third kappa shape index (κ3) is 59.7. The minimum atomic E-state index is -0.791. The first-order chi connectivity index (χ1) is 36.5. The van der Waals surface area contributed by atoms with Crippen molar-refractivity contribution in [1.29, 1.82) is 0 Å². The van der Waals surface area contributed by atoms with Gasteiger partial charge in [-0.1, -0.05) is 280 Å². The number of carbonyl (C=O) groups is 3. The van der Waals surface area contributed by atoms with E-state index in [4.69, 9.17) is 14.2 Å². The van der Waals surface area contributed by atoms with Gasteiger partial charge in [-0.3, -0.25) is 14.4 Å². The summed E-state index contributed by atoms with van der Waals surface area (Å²) in [4.78, 5) is 38.3. The number of esters is 3. The van der Waals surface area contributed by atoms with Gasteiger partial charge < -0.3 is 14.2 Å². The first-order valence-electron chi connectivity index (χ1n) is 31.9. The minimum absolute atomic E-state index is 0.0845. The fourth-order valence-corrected chi connectivity index (χ4v) is 9.11. The molecule has 74 heavy (non-hydrogen) atoms. The first-order valence-corrected chi connectivity index (χ1v) is 31.9. The molecule has 0 bridgehead atoms. The smallest absolute Gasteiger partial charge is 0.306 e. The van der Waals surface area contributed by atoms with E-state index in [1.165, 1.54) is 193 Å². The topological polar surface area (TPSA) is 78.9 Å². The minimum Gasteiger partial charge on any atom is -0.462 e. The van der Waals surface area contributed by atoms with Crippen molar-refractivity contribution in [3.63, 3.8) is 0 Å². The molecule has 6 heteroatoms. The van der Waals surface area contributed by atoms with Crippen LogP contribution in [-0.4, -0.2) is 37.2 Å². The Morgan fingerprint density at radius 2 is 0.486 bits per heavy atom. The molecule has 428 valence electrons. The van der Waals surface area contributed by atoms with Crippen molar-refractivity contribution in [2.24, 2.45) is 0 Å². The average molecular weight is 1030 g/mol. The van der Waals surface area contributed by atoms with Gasteiger partial charge in [-0.05, 0) is 96.3 Å². The van der Waals surface area contributed by atoms with E-state index in [0.29, 0.717) is 19.3 Å². The zero-order valence-electron chi connectivity index (χ0n) is 49.1. The van der Waals surface area contributed by atoms with E-state index in [0.717, 1.165) is 89.9 Å². The molecule has 0 amide bonds. The summed E-state index contributed by atoms with van der Waals surface area (Å²) in [7, 11) is 0. The van der Waals surface area contributed by atoms with Crippen molar-refractivity contribution in [3.8, 4) is 0 Å². The fourth-order valence-electron chi connectivity index (χ4n) is 9.11. The van der Waals surface area contributed by atoms with E-state index >= 15 is 0 Å². The van der Waals surface area contributed by atoms with Crippen LogP contribution in [0.3, 0.4) is 0 Å². The summed E-state index contributed by atoms with van der Waals surface area (Å²) in [5.74, 6) is -0.905. The van der Waals surface area contributed by atoms with Crippen LogP contribution in [0.15, 0.2) is 72.9 Å². The molecule has 0 aromatic rings. The van der Waals surface area contributed by atoms with E-state index < -0.39 is 6.10 Å². The van der Waals surface area contributed by atoms with Crippen molar-refractivity contribution in [3.05, 3.63) is 72.9 Å². The molecule has 0 saturated carbocycles. The van der Waals surface area contributed by atoms with Crippen LogP contribution in [0.2, 0.25) is 0 Å². The first kappa shape index (κ1) is 70.8. The summed E-state index contributed by atoms with van der Waals surface area (Å²) in [5, 5.41) is 0. The average Bonchev–Trinajstić information content (AvgIpc) is 3.40. The molecular formula is C68H120O6. The summed E-state index contributed by atoms with van der Waals surface area (Å²) in [6.45, 7) is 6.60. The Bertz CT molecular complexity index is 1370. The lowest BCUT2D eigenvalue weighted by Gasteiger charge is -2.18. The molecule has 0 radical (unpaired) electrons. The summed E-state index contributed by atoms with van der Waals surface area (Å²) in [5.41, 5.74) is 0. The number of ether oxygens (including phenoxy) is 3. The monoisotopic (exact) mass is 1030 g/mol. The molecule has 0 aromatic carbocycles. The van der Waals surface area contributed by atoms with Crippen LogP contribution < -0.4 is 0 Å². The molecule has 0 aliphatic rings. The summed E-state index contributed by atoms with van der Waals surface area (Å²) >= 11 is 0. The van der Waals surface area contributed by atoms with Crippen LogP contribution in [0.4, 0.5) is 0 Å². The van der Waals surface area contributed by atoms with Crippen LogP contribution in [0.5, 0.6) is 0 Å². The summed E-state index contributed by atoms with van der Waals surface area (Å²) < 4.78 is 16.9. The van der Waals surface area contributed by atoms with Crippen molar-refractivity contribution in [1.82, 2.24) is 0 Å². The maximum absolute atomic E-state index is 12.9. The second-order valence-corrected chi connectivity index (χ2v) is 21.3. The predicted molar refractivity (Wildman–Crippen MR) is 321 cm³/mol. The van der Waals surface area contributed by atoms with Gasteiger partial charge in [0.25, 0.3) is 0 Å². The lowest BCUT2D eigenvalue weighted by Crippen LogP contribution is -2.30. The number of rotatable bonds is 58. The molecule has 0 aromatic heterocycles. The number of hydrogen-bond donors (Lipinski definition) is 0. The Balaban J connectivity index is 4.42. The molecule has 0 fully saturated rings. The van der Waals surface area contributed by atoms with Crippen LogP contribution in [-0.2, 0) is 28.6 Å². The highest BCUT2D eigenvalue weighted by atomic mass is 16.6. The predicted octanol–water partition coefficient (Wildman–Crippen LogP) is 21.7. The number of allylic oxidation sites excluding steroid dienone is 12. The van der Waals surface area contributed by atoms with Gasteiger partial charge >= 0.3 is 17.9 Å². The zero-order valence-corrected chi connectivity index (χ0v) is 49.1. The standard InChI is InChI=1S/C68H120O6/c1-4-7-10-13-16-19-22-25-28-31-34-37-40-43-46-49-52-55-58-61-67(70)73-64-65(63-72-66(69)60-57-54-51-48-45-42-39-36-33-30-27-24-21-18-15-12-9-6-3)74-68(71)62-59-56-53-50-47-44-41-38-35-32-29-26-23-20-17-14-11-8-5-2/h16-17,19-20,25-26,28-29,34,37,43,46,65H,4-15,18,21-24,27,30-33,35-36,38-42,44-45,47-64H2,1-3H3/b19-16-,20-17-,28-25-,29-26-,37-34-,46-43-/t65-/m1/s1. The van der Waals surface area contributed by atoms with E-state index in [2.05, 4.69) is 93.7 Å². The van der Waals surface area contributed by atoms with Gasteiger partial charge in [-0.15, -0.1) is 0 Å². The maximum Gasteiger partial charge on any atom is 0.306 e. The highest BCUT2D eigenvalue weighted by molar-refractivity contribution is 5.71. The lowest BCUT2D eigenvalue weighted by molar-refractivity contribution is -0.167. The van der Waals surface area contributed by atoms with Crippen LogP contribution in [0, 0.1) is 0 Å². The van der Waals surface area contributed by atoms with E-state index in [9.17, 15) is 14.4 Å². The highest BCUT2D eigenvalue weighted by Gasteiger charge is 2.19. The van der Waals surface area contributed by atoms with Gasteiger partial charge in [0.2, 0.25) is 0 Å². The zero-order chi connectivity index (χ0) is 53.6. The van der Waals surface area contributed by atoms with Gasteiger partial charge in [-0.25, -0.2) is 0 Å². The Labute approximate surface area is 459 Å². The lowest BCUT2D eigenvalue weighted by atomic mass is 10.0. The molecule has 1 atom stereocenters. The molecule has 0 N–H and O–H groups in total. The van der Waals surface area contributed by atoms with Crippen LogP contribution >= 0.6 is 0 Å². The van der Waals surface area contributed by atoms with Gasteiger partial charge in [-0.2, -0.15) is 0 Å². The van der Waals surface area contributed by atoms with E-state index in [1.54, 1.807) is 0 Å². The van der Waals surface area contributed by atoms with Crippen molar-refractivity contribution >= 4 is 17.9 Å². The van der Waals surface area contributed by atoms with E-state index in [-0.39, 0.29) is 31.1 Å². The van der Waals surface area contributed by atoms with Gasteiger partial charge in [0.15, 0.2) is 6.10 Å². The second-order valence-electron chi connectivity index (χ2n) is 21.3. The Morgan fingerprint density at radius 3 is 0.797 bits per heavy atom. The van der Waals surface area contributed by atoms with Crippen LogP contribution in [0.25, 0.3) is 0 Å². The normalized spacial score (nSPS) is 12.5. The molecule has 0 aliphatic carbocycles. The van der Waals surface area contributed by atoms with Crippen molar-refractivity contribution in [2.45, 2.75) is 329 Å². The largest absolute Gasteiger partial charge is 0.462 e. The number of unbranched alkanes of at least 4 members (excludes halogenated alkanes) is 35. The SMILES string of the molecule is CCCCC/C=C\C/C=C\C/C=C\C/C=C\CCCCCC(=O)OC[C@@H](COC(=O)CCCCCCCCCCCCCCCCCCCC)OC(=O)CCCCCCCCCCC/C=C\C/C=C\CCCCC. The van der Waals surface area contributed by atoms with Crippen molar-refractivity contribution < 1.29 is 28.6 Å². The molecule has 0 heterocycles. The number of hydrogen-bond acceptors (Lipinski definition) is 6. The van der Waals surface area contributed by atoms with Gasteiger partial charge in [0.05, 0.1) is 0 Å². The molecular weight excluding hydrogens is 913 g/mol. The van der Waals surface area contributed by atoms with Crippen LogP contribution in [0.1, 0.15) is 323 Å². The summed E-state index contributed by atoms with van der Waals surface area (Å²) in [6.07, 6.45) is 80.4. The van der Waals surface area contributed by atoms with Gasteiger partial charge in [0, 0.05) is 19.3 Å². The Hall–Kier alpha value is -3.15. The third-order valence-corrected chi connectivity index (χ3v) is 13.9. The maximum atomic E-state index is 12.9. The molecule has 0 rings (SSSR count). The molecule has 0 aliphatic heterocycles.